The number of hydrogen-bond donors (Lipinski definition) is 0. The Morgan fingerprint density at radius 1 is 1.32 bits per heavy atom. The molecule has 0 atom stereocenters. The summed E-state index contributed by atoms with van der Waals surface area (Å²) in [4.78, 5) is 13.0. The first-order valence-electron chi connectivity index (χ1n) is 6.95. The van der Waals surface area contributed by atoms with Gasteiger partial charge in [-0.25, -0.2) is 4.68 Å². The SMILES string of the molecule is C=Cc1ccc(CSc2cnn(C(C)(C)C)c(=O)c2Cl)cc1. The second kappa shape index (κ2) is 6.71. The smallest absolute Gasteiger partial charge is 0.266 e. The molecule has 0 aliphatic heterocycles. The lowest BCUT2D eigenvalue weighted by Gasteiger charge is -2.21. The van der Waals surface area contributed by atoms with Gasteiger partial charge in [-0.15, -0.1) is 11.8 Å². The lowest BCUT2D eigenvalue weighted by atomic mass is 10.1. The van der Waals surface area contributed by atoms with E-state index < -0.39 is 0 Å². The zero-order valence-electron chi connectivity index (χ0n) is 13.0. The molecular weight excluding hydrogens is 316 g/mol. The molecule has 1 aromatic heterocycles. The third kappa shape index (κ3) is 3.81. The van der Waals surface area contributed by atoms with E-state index in [2.05, 4.69) is 11.7 Å². The van der Waals surface area contributed by atoms with Crippen molar-refractivity contribution in [1.29, 1.82) is 0 Å². The fourth-order valence-electron chi connectivity index (χ4n) is 1.91. The molecule has 0 bridgehead atoms. The van der Waals surface area contributed by atoms with Gasteiger partial charge < -0.3 is 0 Å². The third-order valence-electron chi connectivity index (χ3n) is 3.13. The standard InChI is InChI=1S/C17H19ClN2OS/c1-5-12-6-8-13(9-7-12)11-22-14-10-19-20(17(2,3)4)16(21)15(14)18/h5-10H,1,11H2,2-4H3. The lowest BCUT2D eigenvalue weighted by Crippen LogP contribution is -2.36. The highest BCUT2D eigenvalue weighted by Crippen LogP contribution is 2.27. The van der Waals surface area contributed by atoms with Crippen LogP contribution in [0.3, 0.4) is 0 Å². The van der Waals surface area contributed by atoms with E-state index in [-0.39, 0.29) is 16.1 Å². The van der Waals surface area contributed by atoms with Crippen LogP contribution in [0.4, 0.5) is 0 Å². The summed E-state index contributed by atoms with van der Waals surface area (Å²) < 4.78 is 1.41. The third-order valence-corrected chi connectivity index (χ3v) is 4.71. The number of thioether (sulfide) groups is 1. The average Bonchev–Trinajstić information content (AvgIpc) is 2.48. The molecule has 3 nitrogen and oxygen atoms in total. The quantitative estimate of drug-likeness (QED) is 0.767. The van der Waals surface area contributed by atoms with Crippen LogP contribution < -0.4 is 5.56 Å². The second-order valence-corrected chi connectivity index (χ2v) is 7.34. The van der Waals surface area contributed by atoms with Crippen LogP contribution in [0.2, 0.25) is 5.02 Å². The minimum absolute atomic E-state index is 0.234. The van der Waals surface area contributed by atoms with Gasteiger partial charge in [-0.2, -0.15) is 5.10 Å². The Kier molecular flexibility index (Phi) is 5.14. The maximum atomic E-state index is 12.3. The Hall–Kier alpha value is -1.52. The van der Waals surface area contributed by atoms with E-state index in [0.29, 0.717) is 4.90 Å². The molecule has 0 aliphatic rings. The van der Waals surface area contributed by atoms with E-state index in [1.165, 1.54) is 16.4 Å². The zero-order valence-corrected chi connectivity index (χ0v) is 14.5. The van der Waals surface area contributed by atoms with Crippen molar-refractivity contribution in [2.45, 2.75) is 37.0 Å². The van der Waals surface area contributed by atoms with E-state index in [1.54, 1.807) is 6.20 Å². The first-order chi connectivity index (χ1) is 10.3. The number of aromatic nitrogens is 2. The molecule has 0 N–H and O–H groups in total. The van der Waals surface area contributed by atoms with E-state index in [4.69, 9.17) is 11.6 Å². The van der Waals surface area contributed by atoms with Gasteiger partial charge in [-0.1, -0.05) is 48.5 Å². The van der Waals surface area contributed by atoms with Gasteiger partial charge in [0.15, 0.2) is 0 Å². The van der Waals surface area contributed by atoms with Gasteiger partial charge in [0, 0.05) is 5.75 Å². The van der Waals surface area contributed by atoms with Crippen molar-refractivity contribution < 1.29 is 0 Å². The molecule has 0 amide bonds. The Balaban J connectivity index is 2.18. The Bertz CT molecular complexity index is 730. The van der Waals surface area contributed by atoms with Gasteiger partial charge in [-0.3, -0.25) is 4.79 Å². The summed E-state index contributed by atoms with van der Waals surface area (Å²) in [5, 5.41) is 4.47. The highest BCUT2D eigenvalue weighted by atomic mass is 35.5. The summed E-state index contributed by atoms with van der Waals surface area (Å²) in [6.07, 6.45) is 3.47. The number of benzene rings is 1. The first-order valence-corrected chi connectivity index (χ1v) is 8.32. The molecule has 0 fully saturated rings. The van der Waals surface area contributed by atoms with Crippen molar-refractivity contribution in [3.05, 3.63) is 63.5 Å². The Labute approximate surface area is 140 Å². The topological polar surface area (TPSA) is 34.9 Å². The molecule has 116 valence electrons. The van der Waals surface area contributed by atoms with E-state index in [1.807, 2.05) is 51.1 Å². The maximum absolute atomic E-state index is 12.3. The molecule has 0 unspecified atom stereocenters. The molecule has 2 aromatic rings. The predicted octanol–water partition coefficient (Wildman–Crippen LogP) is 4.59. The predicted molar refractivity (Wildman–Crippen MR) is 94.6 cm³/mol. The molecule has 22 heavy (non-hydrogen) atoms. The van der Waals surface area contributed by atoms with Crippen LogP contribution in [0.1, 0.15) is 31.9 Å². The highest BCUT2D eigenvalue weighted by molar-refractivity contribution is 7.98. The van der Waals surface area contributed by atoms with E-state index >= 15 is 0 Å². The second-order valence-electron chi connectivity index (χ2n) is 5.94. The molecule has 0 aliphatic carbocycles. The summed E-state index contributed by atoms with van der Waals surface area (Å²) in [5.41, 5.74) is 1.61. The minimum Gasteiger partial charge on any atom is -0.266 e. The van der Waals surface area contributed by atoms with Crippen molar-refractivity contribution in [1.82, 2.24) is 9.78 Å². The van der Waals surface area contributed by atoms with Gasteiger partial charge in [0.2, 0.25) is 0 Å². The summed E-state index contributed by atoms with van der Waals surface area (Å²) in [7, 11) is 0. The normalized spacial score (nSPS) is 11.5. The van der Waals surface area contributed by atoms with Gasteiger partial charge in [-0.05, 0) is 31.9 Å². The number of rotatable bonds is 4. The summed E-state index contributed by atoms with van der Waals surface area (Å²) in [6.45, 7) is 9.50. The molecule has 5 heteroatoms. The molecule has 0 radical (unpaired) electrons. The van der Waals surface area contributed by atoms with Gasteiger partial charge in [0.1, 0.15) is 5.02 Å². The summed E-state index contributed by atoms with van der Waals surface area (Å²) >= 11 is 7.72. The van der Waals surface area contributed by atoms with E-state index in [0.717, 1.165) is 16.9 Å². The van der Waals surface area contributed by atoms with Crippen LogP contribution >= 0.6 is 23.4 Å². The van der Waals surface area contributed by atoms with Crippen molar-refractivity contribution in [3.8, 4) is 0 Å². The van der Waals surface area contributed by atoms with Gasteiger partial charge in [0.25, 0.3) is 5.56 Å². The Morgan fingerprint density at radius 2 is 1.95 bits per heavy atom. The van der Waals surface area contributed by atoms with Crippen LogP contribution in [-0.4, -0.2) is 9.78 Å². The van der Waals surface area contributed by atoms with Crippen LogP contribution in [0.15, 0.2) is 46.7 Å². The number of halogens is 1. The molecule has 1 aromatic carbocycles. The molecular formula is C17H19ClN2OS. The molecule has 0 saturated heterocycles. The maximum Gasteiger partial charge on any atom is 0.287 e. The van der Waals surface area contributed by atoms with Crippen LogP contribution in [0.5, 0.6) is 0 Å². The summed E-state index contributed by atoms with van der Waals surface area (Å²) in [5.74, 6) is 0.734. The van der Waals surface area contributed by atoms with Crippen molar-refractivity contribution in [3.63, 3.8) is 0 Å². The largest absolute Gasteiger partial charge is 0.287 e. The van der Waals surface area contributed by atoms with Crippen LogP contribution in [0.25, 0.3) is 6.08 Å². The number of nitrogens with zero attached hydrogens (tertiary/aromatic N) is 2. The first kappa shape index (κ1) is 16.8. The average molecular weight is 335 g/mol. The molecule has 0 saturated carbocycles. The highest BCUT2D eigenvalue weighted by Gasteiger charge is 2.19. The monoisotopic (exact) mass is 334 g/mol. The van der Waals surface area contributed by atoms with E-state index in [9.17, 15) is 4.79 Å². The fraction of sp³-hybridized carbons (Fsp3) is 0.294. The lowest BCUT2D eigenvalue weighted by molar-refractivity contribution is 0.336. The fourth-order valence-corrected chi connectivity index (χ4v) is 3.05. The minimum atomic E-state index is -0.384. The molecule has 0 spiro atoms. The Morgan fingerprint density at radius 3 is 2.50 bits per heavy atom. The van der Waals surface area contributed by atoms with Gasteiger partial charge >= 0.3 is 0 Å². The van der Waals surface area contributed by atoms with Crippen LogP contribution in [-0.2, 0) is 11.3 Å². The van der Waals surface area contributed by atoms with Crippen molar-refractivity contribution in [2.75, 3.05) is 0 Å². The van der Waals surface area contributed by atoms with Gasteiger partial charge in [0.05, 0.1) is 16.6 Å². The molecule has 1 heterocycles. The summed E-state index contributed by atoms with van der Waals surface area (Å²) in [6, 6.07) is 8.12. The molecule has 2 rings (SSSR count). The zero-order chi connectivity index (χ0) is 16.3. The van der Waals surface area contributed by atoms with Crippen LogP contribution in [0, 0.1) is 0 Å². The van der Waals surface area contributed by atoms with Crippen molar-refractivity contribution >= 4 is 29.4 Å². The van der Waals surface area contributed by atoms with Crippen molar-refractivity contribution in [2.24, 2.45) is 0 Å². The number of hydrogen-bond acceptors (Lipinski definition) is 3.